The Morgan fingerprint density at radius 3 is 1.86 bits per heavy atom. The summed E-state index contributed by atoms with van der Waals surface area (Å²) in [5, 5.41) is 0. The fourth-order valence-electron chi connectivity index (χ4n) is 3.03. The molecule has 2 nitrogen and oxygen atoms in total. The standard InChI is InChI=1S/C18H32O2Si/c1-19-13-8-16-21(3,17-9-14-20-2)15-7-12-18-10-5-4-6-11-18/h4-6,10-11H,7-9,12-17H2,1-3H3. The van der Waals surface area contributed by atoms with E-state index in [9.17, 15) is 0 Å². The average molecular weight is 309 g/mol. The molecule has 0 heterocycles. The zero-order valence-electron chi connectivity index (χ0n) is 14.1. The molecule has 0 radical (unpaired) electrons. The molecule has 0 bridgehead atoms. The van der Waals surface area contributed by atoms with E-state index in [1.165, 1.54) is 49.4 Å². The second kappa shape index (κ2) is 11.0. The van der Waals surface area contributed by atoms with Crippen LogP contribution in [0.3, 0.4) is 0 Å². The van der Waals surface area contributed by atoms with E-state index in [0.29, 0.717) is 0 Å². The minimum Gasteiger partial charge on any atom is -0.385 e. The van der Waals surface area contributed by atoms with Crippen molar-refractivity contribution in [1.82, 2.24) is 0 Å². The summed E-state index contributed by atoms with van der Waals surface area (Å²) in [5.41, 5.74) is 1.47. The Morgan fingerprint density at radius 2 is 1.33 bits per heavy atom. The van der Waals surface area contributed by atoms with Gasteiger partial charge in [0.05, 0.1) is 8.07 Å². The number of aryl methyl sites for hydroxylation is 1. The van der Waals surface area contributed by atoms with Crippen LogP contribution in [0.15, 0.2) is 30.3 Å². The number of rotatable bonds is 12. The molecule has 3 heteroatoms. The third kappa shape index (κ3) is 8.39. The summed E-state index contributed by atoms with van der Waals surface area (Å²) in [5.74, 6) is 0. The van der Waals surface area contributed by atoms with Crippen LogP contribution in [0.5, 0.6) is 0 Å². The number of methoxy groups -OCH3 is 2. The van der Waals surface area contributed by atoms with Gasteiger partial charge in [0.2, 0.25) is 0 Å². The lowest BCUT2D eigenvalue weighted by atomic mass is 10.1. The van der Waals surface area contributed by atoms with Crippen molar-refractivity contribution in [3.05, 3.63) is 35.9 Å². The van der Waals surface area contributed by atoms with E-state index in [1.54, 1.807) is 14.2 Å². The molecule has 1 rings (SSSR count). The van der Waals surface area contributed by atoms with Crippen LogP contribution >= 0.6 is 0 Å². The lowest BCUT2D eigenvalue weighted by Crippen LogP contribution is -2.30. The number of hydrogen-bond donors (Lipinski definition) is 0. The molecule has 0 unspecified atom stereocenters. The zero-order chi connectivity index (χ0) is 15.4. The van der Waals surface area contributed by atoms with Crippen LogP contribution < -0.4 is 0 Å². The van der Waals surface area contributed by atoms with E-state index in [4.69, 9.17) is 9.47 Å². The van der Waals surface area contributed by atoms with Gasteiger partial charge in [-0.15, -0.1) is 0 Å². The summed E-state index contributed by atoms with van der Waals surface area (Å²) in [4.78, 5) is 0. The van der Waals surface area contributed by atoms with Gasteiger partial charge in [0.15, 0.2) is 0 Å². The van der Waals surface area contributed by atoms with Gasteiger partial charge in [0.1, 0.15) is 0 Å². The van der Waals surface area contributed by atoms with E-state index in [1.807, 2.05) is 0 Å². The second-order valence-corrected chi connectivity index (χ2v) is 11.5. The van der Waals surface area contributed by atoms with Crippen molar-refractivity contribution >= 4 is 8.07 Å². The smallest absolute Gasteiger partial charge is 0.0506 e. The van der Waals surface area contributed by atoms with Crippen LogP contribution in [0, 0.1) is 0 Å². The van der Waals surface area contributed by atoms with E-state index < -0.39 is 8.07 Å². The van der Waals surface area contributed by atoms with Gasteiger partial charge in [-0.3, -0.25) is 0 Å². The van der Waals surface area contributed by atoms with Gasteiger partial charge >= 0.3 is 0 Å². The molecule has 0 aromatic heterocycles. The van der Waals surface area contributed by atoms with Crippen LogP contribution in [0.4, 0.5) is 0 Å². The third-order valence-electron chi connectivity index (χ3n) is 4.35. The fraction of sp³-hybridized carbons (Fsp3) is 0.667. The summed E-state index contributed by atoms with van der Waals surface area (Å²) in [7, 11) is 2.47. The highest BCUT2D eigenvalue weighted by Crippen LogP contribution is 2.27. The Kier molecular flexibility index (Phi) is 9.64. The van der Waals surface area contributed by atoms with Crippen molar-refractivity contribution in [2.45, 2.75) is 50.4 Å². The van der Waals surface area contributed by atoms with Crippen LogP contribution in [0.25, 0.3) is 0 Å². The van der Waals surface area contributed by atoms with Crippen molar-refractivity contribution < 1.29 is 9.47 Å². The molecule has 0 saturated heterocycles. The molecule has 0 atom stereocenters. The van der Waals surface area contributed by atoms with Crippen molar-refractivity contribution in [2.24, 2.45) is 0 Å². The molecule has 21 heavy (non-hydrogen) atoms. The van der Waals surface area contributed by atoms with Gasteiger partial charge in [-0.2, -0.15) is 0 Å². The molecular formula is C18H32O2Si. The first-order chi connectivity index (χ1) is 10.2. The molecule has 0 saturated carbocycles. The lowest BCUT2D eigenvalue weighted by molar-refractivity contribution is 0.197. The first-order valence-electron chi connectivity index (χ1n) is 8.22. The average Bonchev–Trinajstić information content (AvgIpc) is 2.49. The highest BCUT2D eigenvalue weighted by Gasteiger charge is 2.25. The lowest BCUT2D eigenvalue weighted by Gasteiger charge is -2.27. The summed E-state index contributed by atoms with van der Waals surface area (Å²) >= 11 is 0. The third-order valence-corrected chi connectivity index (χ3v) is 9.03. The highest BCUT2D eigenvalue weighted by atomic mass is 28.3. The van der Waals surface area contributed by atoms with E-state index in [0.717, 1.165) is 13.2 Å². The molecule has 120 valence electrons. The molecule has 1 aromatic carbocycles. The van der Waals surface area contributed by atoms with Crippen molar-refractivity contribution in [3.63, 3.8) is 0 Å². The van der Waals surface area contributed by atoms with Gasteiger partial charge < -0.3 is 9.47 Å². The monoisotopic (exact) mass is 308 g/mol. The molecular weight excluding hydrogens is 276 g/mol. The second-order valence-electron chi connectivity index (χ2n) is 6.34. The molecule has 0 fully saturated rings. The Hall–Kier alpha value is -0.643. The molecule has 0 aliphatic heterocycles. The molecule has 0 amide bonds. The van der Waals surface area contributed by atoms with Gasteiger partial charge in [0.25, 0.3) is 0 Å². The molecule has 0 aliphatic carbocycles. The first-order valence-corrected chi connectivity index (χ1v) is 11.3. The Bertz CT molecular complexity index is 343. The van der Waals surface area contributed by atoms with E-state index >= 15 is 0 Å². The van der Waals surface area contributed by atoms with E-state index in [-0.39, 0.29) is 0 Å². The molecule has 0 aliphatic rings. The van der Waals surface area contributed by atoms with Crippen molar-refractivity contribution in [3.8, 4) is 0 Å². The minimum atomic E-state index is -1.14. The predicted molar refractivity (Wildman–Crippen MR) is 93.8 cm³/mol. The minimum absolute atomic E-state index is 0.908. The number of hydrogen-bond acceptors (Lipinski definition) is 2. The Balaban J connectivity index is 2.39. The van der Waals surface area contributed by atoms with Gasteiger partial charge in [-0.25, -0.2) is 0 Å². The summed E-state index contributed by atoms with van der Waals surface area (Å²) in [6, 6.07) is 15.1. The topological polar surface area (TPSA) is 18.5 Å². The summed E-state index contributed by atoms with van der Waals surface area (Å²) in [6.45, 7) is 4.39. The Morgan fingerprint density at radius 1 is 0.810 bits per heavy atom. The van der Waals surface area contributed by atoms with Crippen LogP contribution in [-0.2, 0) is 15.9 Å². The van der Waals surface area contributed by atoms with Gasteiger partial charge in [0, 0.05) is 27.4 Å². The van der Waals surface area contributed by atoms with Crippen molar-refractivity contribution in [1.29, 1.82) is 0 Å². The first kappa shape index (κ1) is 18.4. The SMILES string of the molecule is COCCC[Si](C)(CCCOC)CCCc1ccccc1. The van der Waals surface area contributed by atoms with Gasteiger partial charge in [-0.05, 0) is 24.8 Å². The number of benzene rings is 1. The predicted octanol–water partition coefficient (Wildman–Crippen LogP) is 4.77. The van der Waals surface area contributed by atoms with Gasteiger partial charge in [-0.1, -0.05) is 61.4 Å². The summed E-state index contributed by atoms with van der Waals surface area (Å²) in [6.07, 6.45) is 4.99. The molecule has 0 N–H and O–H groups in total. The van der Waals surface area contributed by atoms with E-state index in [2.05, 4.69) is 36.9 Å². The highest BCUT2D eigenvalue weighted by molar-refractivity contribution is 6.78. The maximum atomic E-state index is 5.23. The zero-order valence-corrected chi connectivity index (χ0v) is 15.1. The maximum Gasteiger partial charge on any atom is 0.0506 e. The Labute approximate surface area is 131 Å². The molecule has 0 spiro atoms. The normalized spacial score (nSPS) is 11.8. The fourth-order valence-corrected chi connectivity index (χ4v) is 6.80. The van der Waals surface area contributed by atoms with Crippen LogP contribution in [0.2, 0.25) is 24.7 Å². The van der Waals surface area contributed by atoms with Crippen LogP contribution in [-0.4, -0.2) is 35.5 Å². The van der Waals surface area contributed by atoms with Crippen molar-refractivity contribution in [2.75, 3.05) is 27.4 Å². The largest absolute Gasteiger partial charge is 0.385 e. The quantitative estimate of drug-likeness (QED) is 0.409. The molecule has 1 aromatic rings. The maximum absolute atomic E-state index is 5.23. The van der Waals surface area contributed by atoms with Crippen LogP contribution in [0.1, 0.15) is 24.8 Å². The summed E-state index contributed by atoms with van der Waals surface area (Å²) < 4.78 is 10.5. The number of ether oxygens (including phenoxy) is 2.